The first-order chi connectivity index (χ1) is 19.0. The molecule has 1 aliphatic heterocycles. The van der Waals surface area contributed by atoms with E-state index >= 15 is 0 Å². The second-order valence-electron chi connectivity index (χ2n) is 9.54. The minimum atomic E-state index is -0.478. The van der Waals surface area contributed by atoms with Crippen LogP contribution in [-0.4, -0.2) is 47.3 Å². The van der Waals surface area contributed by atoms with E-state index in [-0.39, 0.29) is 18.1 Å². The van der Waals surface area contributed by atoms with E-state index in [0.717, 1.165) is 54.5 Å². The van der Waals surface area contributed by atoms with Crippen molar-refractivity contribution in [2.75, 3.05) is 20.2 Å². The van der Waals surface area contributed by atoms with Crippen LogP contribution in [0, 0.1) is 17.1 Å². The topological polar surface area (TPSA) is 108 Å². The molecule has 8 nitrogen and oxygen atoms in total. The second-order valence-corrected chi connectivity index (χ2v) is 9.54. The van der Waals surface area contributed by atoms with Gasteiger partial charge in [-0.15, -0.1) is 0 Å². The van der Waals surface area contributed by atoms with Gasteiger partial charge in [-0.05, 0) is 56.3 Å². The summed E-state index contributed by atoms with van der Waals surface area (Å²) in [5.41, 5.74) is 4.15. The first-order valence-corrected chi connectivity index (χ1v) is 12.7. The van der Waals surface area contributed by atoms with E-state index in [1.165, 1.54) is 13.2 Å². The number of nitrogens with one attached hydrogen (secondary N) is 1. The van der Waals surface area contributed by atoms with Gasteiger partial charge in [0.2, 0.25) is 5.88 Å². The predicted molar refractivity (Wildman–Crippen MR) is 142 cm³/mol. The number of likely N-dealkylation sites (tertiary alicyclic amines) is 1. The van der Waals surface area contributed by atoms with Crippen molar-refractivity contribution in [3.63, 3.8) is 0 Å². The molecule has 9 heteroatoms. The maximum absolute atomic E-state index is 14.2. The highest BCUT2D eigenvalue weighted by molar-refractivity contribution is 6.02. The molecular formula is C30H27FN4O4. The van der Waals surface area contributed by atoms with Gasteiger partial charge in [0, 0.05) is 51.9 Å². The third kappa shape index (κ3) is 5.66. The quantitative estimate of drug-likeness (QED) is 0.250. The molecule has 0 aliphatic carbocycles. The van der Waals surface area contributed by atoms with Crippen molar-refractivity contribution in [1.29, 1.82) is 5.26 Å². The zero-order valence-corrected chi connectivity index (χ0v) is 21.4. The van der Waals surface area contributed by atoms with E-state index in [9.17, 15) is 14.0 Å². The number of H-pyrrole nitrogens is 1. The monoisotopic (exact) mass is 526 g/mol. The van der Waals surface area contributed by atoms with Gasteiger partial charge in [-0.25, -0.2) is 14.2 Å². The van der Waals surface area contributed by atoms with Gasteiger partial charge in [0.25, 0.3) is 0 Å². The largest absolute Gasteiger partial charge is 0.473 e. The number of benzene rings is 2. The summed E-state index contributed by atoms with van der Waals surface area (Å²) in [5.74, 6) is -0.215. The van der Waals surface area contributed by atoms with E-state index in [4.69, 9.17) is 14.7 Å². The zero-order chi connectivity index (χ0) is 27.4. The predicted octanol–water partition coefficient (Wildman–Crippen LogP) is 5.13. The van der Waals surface area contributed by atoms with Gasteiger partial charge in [0.05, 0.1) is 24.3 Å². The molecule has 3 heterocycles. The Morgan fingerprint density at radius 2 is 2.03 bits per heavy atom. The van der Waals surface area contributed by atoms with E-state index in [1.807, 2.05) is 18.2 Å². The fourth-order valence-electron chi connectivity index (χ4n) is 5.01. The number of aromatic nitrogens is 2. The van der Waals surface area contributed by atoms with E-state index < -0.39 is 11.8 Å². The Kier molecular flexibility index (Phi) is 7.66. The number of fused-ring (bicyclic) bond motifs is 1. The minimum absolute atomic E-state index is 0.0249. The summed E-state index contributed by atoms with van der Waals surface area (Å²) in [6.07, 6.45) is 2.64. The number of nitrogens with zero attached hydrogens (tertiary/aromatic N) is 3. The maximum atomic E-state index is 14.2. The Balaban J connectivity index is 1.21. The molecule has 0 spiro atoms. The van der Waals surface area contributed by atoms with Gasteiger partial charge >= 0.3 is 5.97 Å². The van der Waals surface area contributed by atoms with Crippen LogP contribution in [0.3, 0.4) is 0 Å². The van der Waals surface area contributed by atoms with Crippen LogP contribution in [0.25, 0.3) is 10.9 Å². The average molecular weight is 527 g/mol. The first-order valence-electron chi connectivity index (χ1n) is 12.7. The molecule has 0 amide bonds. The summed E-state index contributed by atoms with van der Waals surface area (Å²) in [4.78, 5) is 34.1. The van der Waals surface area contributed by atoms with Gasteiger partial charge in [0.1, 0.15) is 12.4 Å². The lowest BCUT2D eigenvalue weighted by atomic mass is 9.93. The highest BCUT2D eigenvalue weighted by atomic mass is 19.1. The number of carbonyl (C=O) groups is 2. The van der Waals surface area contributed by atoms with Gasteiger partial charge in [-0.1, -0.05) is 18.2 Å². The molecule has 0 saturated carbocycles. The normalized spacial score (nSPS) is 14.2. The first kappa shape index (κ1) is 26.1. The Morgan fingerprint density at radius 3 is 2.74 bits per heavy atom. The molecule has 1 N–H and O–H groups in total. The summed E-state index contributed by atoms with van der Waals surface area (Å²) >= 11 is 0. The molecule has 5 rings (SSSR count). The molecule has 39 heavy (non-hydrogen) atoms. The molecular weight excluding hydrogens is 499 g/mol. The summed E-state index contributed by atoms with van der Waals surface area (Å²) < 4.78 is 24.7. The van der Waals surface area contributed by atoms with Crippen LogP contribution in [0.4, 0.5) is 4.39 Å². The number of hydrogen-bond donors (Lipinski definition) is 1. The van der Waals surface area contributed by atoms with Crippen molar-refractivity contribution in [2.24, 2.45) is 0 Å². The molecule has 0 unspecified atom stereocenters. The third-order valence-corrected chi connectivity index (χ3v) is 7.15. The molecule has 0 atom stereocenters. The van der Waals surface area contributed by atoms with Crippen LogP contribution in [0.1, 0.15) is 62.0 Å². The lowest BCUT2D eigenvalue weighted by molar-refractivity contribution is 0.0600. The van der Waals surface area contributed by atoms with Crippen molar-refractivity contribution >= 4 is 23.2 Å². The number of esters is 1. The molecule has 2 aromatic carbocycles. The van der Waals surface area contributed by atoms with Gasteiger partial charge in [0.15, 0.2) is 6.29 Å². The van der Waals surface area contributed by atoms with Crippen LogP contribution in [0.5, 0.6) is 5.88 Å². The third-order valence-electron chi connectivity index (χ3n) is 7.15. The van der Waals surface area contributed by atoms with Crippen molar-refractivity contribution in [1.82, 2.24) is 14.9 Å². The van der Waals surface area contributed by atoms with Crippen molar-refractivity contribution in [3.8, 4) is 11.9 Å². The summed E-state index contributed by atoms with van der Waals surface area (Å²) in [6.45, 7) is 2.27. The number of nitriles is 1. The average Bonchev–Trinajstić information content (AvgIpc) is 3.32. The van der Waals surface area contributed by atoms with Crippen LogP contribution in [0.15, 0.2) is 54.6 Å². The highest BCUT2D eigenvalue weighted by Crippen LogP contribution is 2.30. The molecule has 4 aromatic rings. The molecule has 0 bridgehead atoms. The van der Waals surface area contributed by atoms with E-state index in [2.05, 4.69) is 14.9 Å². The molecule has 1 saturated heterocycles. The maximum Gasteiger partial charge on any atom is 0.337 e. The number of aromatic amines is 1. The van der Waals surface area contributed by atoms with Crippen LogP contribution < -0.4 is 4.74 Å². The van der Waals surface area contributed by atoms with Crippen LogP contribution in [0.2, 0.25) is 0 Å². The number of hydrogen-bond acceptors (Lipinski definition) is 7. The lowest BCUT2D eigenvalue weighted by Crippen LogP contribution is -2.33. The standard InChI is InChI=1S/C30H27FN4O4/c1-38-30(37)21-7-8-23-24(17-36)28(33-27(23)14-21)16-35-11-9-20(10-12-35)26-3-2-4-29(34-26)39-18-22-6-5-19(15-32)13-25(22)31/h2-8,13-14,17,20,33H,9-12,16,18H2,1H3. The van der Waals surface area contributed by atoms with Crippen molar-refractivity contribution in [2.45, 2.75) is 31.9 Å². The van der Waals surface area contributed by atoms with Gasteiger partial charge in [-0.3, -0.25) is 9.69 Å². The van der Waals surface area contributed by atoms with Crippen LogP contribution >= 0.6 is 0 Å². The molecule has 2 aromatic heterocycles. The van der Waals surface area contributed by atoms with Crippen molar-refractivity contribution < 1.29 is 23.5 Å². The second kappa shape index (κ2) is 11.5. The Bertz CT molecular complexity index is 1570. The summed E-state index contributed by atoms with van der Waals surface area (Å²) in [5, 5.41) is 9.68. The molecule has 1 aliphatic rings. The number of piperidine rings is 1. The highest BCUT2D eigenvalue weighted by Gasteiger charge is 2.24. The number of pyridine rings is 1. The number of halogens is 1. The van der Waals surface area contributed by atoms with E-state index in [0.29, 0.717) is 29.1 Å². The fraction of sp³-hybridized carbons (Fsp3) is 0.267. The van der Waals surface area contributed by atoms with Crippen molar-refractivity contribution in [3.05, 3.63) is 94.1 Å². The summed E-state index contributed by atoms with van der Waals surface area (Å²) in [7, 11) is 1.34. The molecule has 0 radical (unpaired) electrons. The smallest absolute Gasteiger partial charge is 0.337 e. The Labute approximate surface area is 225 Å². The molecule has 1 fully saturated rings. The van der Waals surface area contributed by atoms with Gasteiger partial charge < -0.3 is 14.5 Å². The Hall–Kier alpha value is -4.55. The fourth-order valence-corrected chi connectivity index (χ4v) is 5.01. The number of aldehydes is 1. The summed E-state index contributed by atoms with van der Waals surface area (Å²) in [6, 6.07) is 17.0. The number of ether oxygens (including phenoxy) is 2. The van der Waals surface area contributed by atoms with E-state index in [1.54, 1.807) is 36.4 Å². The molecule has 198 valence electrons. The lowest BCUT2D eigenvalue weighted by Gasteiger charge is -2.31. The zero-order valence-electron chi connectivity index (χ0n) is 21.4. The number of carbonyl (C=O) groups excluding carboxylic acids is 2. The number of rotatable bonds is 8. The van der Waals surface area contributed by atoms with Gasteiger partial charge in [-0.2, -0.15) is 5.26 Å². The Morgan fingerprint density at radius 1 is 1.21 bits per heavy atom. The SMILES string of the molecule is COC(=O)c1ccc2c(C=O)c(CN3CCC(c4cccc(OCc5ccc(C#N)cc5F)n4)CC3)[nH]c2c1. The van der Waals surface area contributed by atoms with Crippen LogP contribution in [-0.2, 0) is 17.9 Å². The number of methoxy groups -OCH3 is 1. The minimum Gasteiger partial charge on any atom is -0.473 e.